The van der Waals surface area contributed by atoms with Crippen LogP contribution in [0.15, 0.2) is 24.3 Å². The first-order valence-electron chi connectivity index (χ1n) is 4.88. The Morgan fingerprint density at radius 3 is 2.53 bits per heavy atom. The van der Waals surface area contributed by atoms with E-state index in [1.807, 2.05) is 18.2 Å². The Kier molecular flexibility index (Phi) is 5.77. The second-order valence-electron chi connectivity index (χ2n) is 2.95. The van der Waals surface area contributed by atoms with Gasteiger partial charge in [-0.2, -0.15) is 0 Å². The lowest BCUT2D eigenvalue weighted by Crippen LogP contribution is -2.09. The molecule has 1 aromatic carbocycles. The van der Waals surface area contributed by atoms with Crippen molar-refractivity contribution in [1.82, 2.24) is 0 Å². The molecule has 1 aromatic rings. The van der Waals surface area contributed by atoms with Crippen molar-refractivity contribution in [2.75, 3.05) is 26.4 Å². The number of hydrogen-bond acceptors (Lipinski definition) is 4. The van der Waals surface area contributed by atoms with Crippen molar-refractivity contribution in [2.45, 2.75) is 6.61 Å². The van der Waals surface area contributed by atoms with Crippen LogP contribution in [-0.2, 0) is 11.3 Å². The molecule has 0 saturated carbocycles. The SMILES string of the molecule is OCCOCCOc1ccccc1CO. The van der Waals surface area contributed by atoms with Crippen molar-refractivity contribution in [1.29, 1.82) is 0 Å². The molecule has 84 valence electrons. The maximum Gasteiger partial charge on any atom is 0.124 e. The minimum atomic E-state index is -0.0341. The molecule has 0 aliphatic heterocycles. The van der Waals surface area contributed by atoms with Gasteiger partial charge in [-0.1, -0.05) is 18.2 Å². The Hall–Kier alpha value is -1.10. The first-order valence-corrected chi connectivity index (χ1v) is 4.88. The highest BCUT2D eigenvalue weighted by atomic mass is 16.5. The maximum absolute atomic E-state index is 9.01. The fourth-order valence-corrected chi connectivity index (χ4v) is 1.15. The topological polar surface area (TPSA) is 58.9 Å². The van der Waals surface area contributed by atoms with Crippen LogP contribution < -0.4 is 4.74 Å². The van der Waals surface area contributed by atoms with Gasteiger partial charge in [0.1, 0.15) is 12.4 Å². The molecule has 4 nitrogen and oxygen atoms in total. The average Bonchev–Trinajstić information content (AvgIpc) is 2.29. The largest absolute Gasteiger partial charge is 0.491 e. The van der Waals surface area contributed by atoms with Crippen molar-refractivity contribution >= 4 is 0 Å². The van der Waals surface area contributed by atoms with E-state index in [0.717, 1.165) is 5.56 Å². The summed E-state index contributed by atoms with van der Waals surface area (Å²) in [6.45, 7) is 1.16. The van der Waals surface area contributed by atoms with Crippen molar-refractivity contribution in [3.63, 3.8) is 0 Å². The molecule has 0 unspecified atom stereocenters. The molecule has 0 aliphatic rings. The smallest absolute Gasteiger partial charge is 0.124 e. The molecule has 0 atom stereocenters. The van der Waals surface area contributed by atoms with E-state index in [1.54, 1.807) is 6.07 Å². The Balaban J connectivity index is 2.30. The van der Waals surface area contributed by atoms with E-state index in [9.17, 15) is 0 Å². The molecule has 15 heavy (non-hydrogen) atoms. The molecule has 0 amide bonds. The first-order chi connectivity index (χ1) is 7.38. The lowest BCUT2D eigenvalue weighted by Gasteiger charge is -2.09. The fourth-order valence-electron chi connectivity index (χ4n) is 1.15. The van der Waals surface area contributed by atoms with Crippen LogP contribution >= 0.6 is 0 Å². The van der Waals surface area contributed by atoms with E-state index in [-0.39, 0.29) is 13.2 Å². The van der Waals surface area contributed by atoms with Crippen LogP contribution in [-0.4, -0.2) is 36.6 Å². The monoisotopic (exact) mass is 212 g/mol. The summed E-state index contributed by atoms with van der Waals surface area (Å²) < 4.78 is 10.4. The Bertz CT molecular complexity index is 275. The molecule has 1 rings (SSSR count). The summed E-state index contributed by atoms with van der Waals surface area (Å²) in [5, 5.41) is 17.5. The zero-order valence-corrected chi connectivity index (χ0v) is 8.56. The van der Waals surface area contributed by atoms with Gasteiger partial charge in [-0.3, -0.25) is 0 Å². The van der Waals surface area contributed by atoms with Gasteiger partial charge in [0.05, 0.1) is 26.4 Å². The van der Waals surface area contributed by atoms with Crippen LogP contribution in [0, 0.1) is 0 Å². The molecule has 4 heteroatoms. The molecule has 0 aromatic heterocycles. The summed E-state index contributed by atoms with van der Waals surface area (Å²) in [7, 11) is 0. The van der Waals surface area contributed by atoms with E-state index >= 15 is 0 Å². The van der Waals surface area contributed by atoms with Crippen LogP contribution in [0.1, 0.15) is 5.56 Å². The van der Waals surface area contributed by atoms with Gasteiger partial charge >= 0.3 is 0 Å². The summed E-state index contributed by atoms with van der Waals surface area (Å²) in [5.41, 5.74) is 0.764. The minimum absolute atomic E-state index is 0.0211. The van der Waals surface area contributed by atoms with Crippen LogP contribution in [0.4, 0.5) is 0 Å². The van der Waals surface area contributed by atoms with Gasteiger partial charge in [0, 0.05) is 5.56 Å². The van der Waals surface area contributed by atoms with Gasteiger partial charge in [0.25, 0.3) is 0 Å². The summed E-state index contributed by atoms with van der Waals surface area (Å²) in [5.74, 6) is 0.674. The molecule has 0 heterocycles. The highest BCUT2D eigenvalue weighted by molar-refractivity contribution is 5.32. The van der Waals surface area contributed by atoms with Crippen molar-refractivity contribution in [2.24, 2.45) is 0 Å². The second kappa shape index (κ2) is 7.23. The third kappa shape index (κ3) is 4.29. The lowest BCUT2D eigenvalue weighted by atomic mass is 10.2. The Morgan fingerprint density at radius 2 is 1.80 bits per heavy atom. The highest BCUT2D eigenvalue weighted by Gasteiger charge is 2.00. The van der Waals surface area contributed by atoms with Gasteiger partial charge < -0.3 is 19.7 Å². The number of rotatable bonds is 7. The normalized spacial score (nSPS) is 10.3. The highest BCUT2D eigenvalue weighted by Crippen LogP contribution is 2.17. The number of para-hydroxylation sites is 1. The molecule has 0 saturated heterocycles. The number of aliphatic hydroxyl groups excluding tert-OH is 2. The van der Waals surface area contributed by atoms with Crippen LogP contribution in [0.25, 0.3) is 0 Å². The predicted molar refractivity (Wildman–Crippen MR) is 55.8 cm³/mol. The van der Waals surface area contributed by atoms with Crippen LogP contribution in [0.3, 0.4) is 0 Å². The second-order valence-corrected chi connectivity index (χ2v) is 2.95. The number of ether oxygens (including phenoxy) is 2. The Morgan fingerprint density at radius 1 is 1.00 bits per heavy atom. The van der Waals surface area contributed by atoms with Gasteiger partial charge in [0.15, 0.2) is 0 Å². The number of benzene rings is 1. The average molecular weight is 212 g/mol. The standard InChI is InChI=1S/C11H16O4/c12-5-6-14-7-8-15-11-4-2-1-3-10(11)9-13/h1-4,12-13H,5-9H2. The van der Waals surface area contributed by atoms with Gasteiger partial charge in [-0.15, -0.1) is 0 Å². The molecule has 0 fully saturated rings. The number of hydrogen-bond donors (Lipinski definition) is 2. The van der Waals surface area contributed by atoms with Gasteiger partial charge in [-0.25, -0.2) is 0 Å². The molecule has 0 aliphatic carbocycles. The number of aliphatic hydroxyl groups is 2. The third-order valence-electron chi connectivity index (χ3n) is 1.86. The van der Waals surface area contributed by atoms with Crippen molar-refractivity contribution < 1.29 is 19.7 Å². The summed E-state index contributed by atoms with van der Waals surface area (Å²) in [6, 6.07) is 7.31. The van der Waals surface area contributed by atoms with E-state index < -0.39 is 0 Å². The van der Waals surface area contributed by atoms with E-state index in [0.29, 0.717) is 25.6 Å². The van der Waals surface area contributed by atoms with Crippen molar-refractivity contribution in [3.8, 4) is 5.75 Å². The van der Waals surface area contributed by atoms with Crippen molar-refractivity contribution in [3.05, 3.63) is 29.8 Å². The molecular formula is C11H16O4. The third-order valence-corrected chi connectivity index (χ3v) is 1.86. The first kappa shape index (κ1) is 12.0. The summed E-state index contributed by atoms with van der Waals surface area (Å²) in [4.78, 5) is 0. The van der Waals surface area contributed by atoms with Gasteiger partial charge in [-0.05, 0) is 6.07 Å². The van der Waals surface area contributed by atoms with Crippen LogP contribution in [0.2, 0.25) is 0 Å². The maximum atomic E-state index is 9.01. The van der Waals surface area contributed by atoms with E-state index in [1.165, 1.54) is 0 Å². The quantitative estimate of drug-likeness (QED) is 0.649. The molecule has 2 N–H and O–H groups in total. The minimum Gasteiger partial charge on any atom is -0.491 e. The fraction of sp³-hybridized carbons (Fsp3) is 0.455. The summed E-state index contributed by atoms with van der Waals surface area (Å²) in [6.07, 6.45) is 0. The lowest BCUT2D eigenvalue weighted by molar-refractivity contribution is 0.0700. The van der Waals surface area contributed by atoms with Gasteiger partial charge in [0.2, 0.25) is 0 Å². The molecule has 0 radical (unpaired) electrons. The van der Waals surface area contributed by atoms with E-state index in [2.05, 4.69) is 0 Å². The summed E-state index contributed by atoms with van der Waals surface area (Å²) >= 11 is 0. The predicted octanol–water partition coefficient (Wildman–Crippen LogP) is 0.567. The zero-order chi connectivity index (χ0) is 10.9. The zero-order valence-electron chi connectivity index (χ0n) is 8.56. The van der Waals surface area contributed by atoms with Crippen LogP contribution in [0.5, 0.6) is 5.75 Å². The van der Waals surface area contributed by atoms with E-state index in [4.69, 9.17) is 19.7 Å². The molecule has 0 spiro atoms. The molecular weight excluding hydrogens is 196 g/mol. The Labute approximate surface area is 89.1 Å². The molecule has 0 bridgehead atoms.